The number of benzene rings is 2. The minimum absolute atomic E-state index is 0.00126. The molecular formula is C24H30N2O6S. The molecule has 8 nitrogen and oxygen atoms in total. The summed E-state index contributed by atoms with van der Waals surface area (Å²) in [5.41, 5.74) is 1.01. The van der Waals surface area contributed by atoms with Crippen LogP contribution < -0.4 is 5.32 Å². The van der Waals surface area contributed by atoms with Crippen LogP contribution in [0.2, 0.25) is 0 Å². The van der Waals surface area contributed by atoms with E-state index in [1.54, 1.807) is 30.3 Å². The maximum absolute atomic E-state index is 13.6. The third-order valence-electron chi connectivity index (χ3n) is 5.80. The predicted molar refractivity (Wildman–Crippen MR) is 124 cm³/mol. The first-order valence-electron chi connectivity index (χ1n) is 11.0. The molecular weight excluding hydrogens is 444 g/mol. The quantitative estimate of drug-likeness (QED) is 0.540. The van der Waals surface area contributed by atoms with Crippen molar-refractivity contribution < 1.29 is 28.2 Å². The number of piperidine rings is 1. The first-order valence-corrected chi connectivity index (χ1v) is 12.5. The molecule has 0 unspecified atom stereocenters. The smallest absolute Gasteiger partial charge is 0.322 e. The van der Waals surface area contributed by atoms with Crippen molar-refractivity contribution in [1.29, 1.82) is 0 Å². The Labute approximate surface area is 194 Å². The number of amides is 1. The van der Waals surface area contributed by atoms with Gasteiger partial charge in [-0.3, -0.25) is 9.59 Å². The number of aliphatic carboxylic acids is 1. The fourth-order valence-electron chi connectivity index (χ4n) is 4.00. The summed E-state index contributed by atoms with van der Waals surface area (Å²) >= 11 is 0. The van der Waals surface area contributed by atoms with Crippen LogP contribution in [-0.4, -0.2) is 53.4 Å². The van der Waals surface area contributed by atoms with Crippen LogP contribution >= 0.6 is 0 Å². The molecule has 2 aromatic carbocycles. The summed E-state index contributed by atoms with van der Waals surface area (Å²) in [5, 5.41) is 22.2. The summed E-state index contributed by atoms with van der Waals surface area (Å²) in [6.45, 7) is 4.03. The predicted octanol–water partition coefficient (Wildman–Crippen LogP) is 3.22. The number of hydrogen-bond acceptors (Lipinski definition) is 5. The van der Waals surface area contributed by atoms with E-state index in [-0.39, 0.29) is 29.5 Å². The number of aromatic hydroxyl groups is 1. The number of sulfonamides is 1. The van der Waals surface area contributed by atoms with Gasteiger partial charge in [0.15, 0.2) is 0 Å². The number of nitrogens with zero attached hydrogens (tertiary/aromatic N) is 1. The largest absolute Gasteiger partial charge is 0.508 e. The second-order valence-corrected chi connectivity index (χ2v) is 10.6. The molecule has 0 radical (unpaired) electrons. The van der Waals surface area contributed by atoms with Gasteiger partial charge in [0, 0.05) is 24.6 Å². The van der Waals surface area contributed by atoms with E-state index in [9.17, 15) is 28.2 Å². The zero-order valence-electron chi connectivity index (χ0n) is 18.8. The molecule has 1 heterocycles. The fourth-order valence-corrected chi connectivity index (χ4v) is 5.83. The lowest BCUT2D eigenvalue weighted by molar-refractivity contribution is -0.143. The molecule has 1 aliphatic heterocycles. The average molecular weight is 475 g/mol. The number of carboxylic acids is 1. The monoisotopic (exact) mass is 474 g/mol. The van der Waals surface area contributed by atoms with Gasteiger partial charge >= 0.3 is 5.97 Å². The van der Waals surface area contributed by atoms with Gasteiger partial charge in [-0.2, -0.15) is 4.31 Å². The highest BCUT2D eigenvalue weighted by atomic mass is 32.2. The number of hydrogen-bond donors (Lipinski definition) is 3. The van der Waals surface area contributed by atoms with Crippen LogP contribution in [0.4, 0.5) is 0 Å². The van der Waals surface area contributed by atoms with Gasteiger partial charge in [-0.05, 0) is 48.9 Å². The maximum Gasteiger partial charge on any atom is 0.322 e. The summed E-state index contributed by atoms with van der Waals surface area (Å²) in [4.78, 5) is 24.2. The molecule has 178 valence electrons. The van der Waals surface area contributed by atoms with E-state index in [1.807, 2.05) is 13.8 Å². The molecule has 1 aliphatic rings. The number of phenolic OH excluding ortho intramolecular Hbond substituents is 1. The molecule has 3 N–H and O–H groups in total. The Bertz CT molecular complexity index is 1100. The van der Waals surface area contributed by atoms with Crippen LogP contribution in [-0.2, 0) is 19.6 Å². The van der Waals surface area contributed by atoms with E-state index < -0.39 is 28.1 Å². The summed E-state index contributed by atoms with van der Waals surface area (Å²) in [6, 6.07) is 10.9. The van der Waals surface area contributed by atoms with Gasteiger partial charge in [0.1, 0.15) is 11.8 Å². The standard InChI is InChI=1S/C24H30N2O6S/c1-16(2)7-12-23(28)25-18-13-14-26(21(15-18)24(29)30)33(31,32)22-6-4-3-5-20(22)17-8-10-19(27)11-9-17/h3-6,8-11,16,18,21,27H,7,12-15H2,1-2H3,(H,25,28)(H,29,30)/t18-,21-/m1/s1. The zero-order chi connectivity index (χ0) is 24.2. The number of nitrogens with one attached hydrogen (secondary N) is 1. The molecule has 9 heteroatoms. The Hall–Kier alpha value is -2.91. The number of carbonyl (C=O) groups is 2. The van der Waals surface area contributed by atoms with Crippen LogP contribution in [0, 0.1) is 5.92 Å². The molecule has 1 amide bonds. The van der Waals surface area contributed by atoms with E-state index >= 15 is 0 Å². The van der Waals surface area contributed by atoms with Crippen molar-refractivity contribution in [3.63, 3.8) is 0 Å². The summed E-state index contributed by atoms with van der Waals surface area (Å²) < 4.78 is 28.2. The van der Waals surface area contributed by atoms with Crippen molar-refractivity contribution in [1.82, 2.24) is 9.62 Å². The first-order chi connectivity index (χ1) is 15.6. The number of rotatable bonds is 8. The van der Waals surface area contributed by atoms with Crippen LogP contribution in [0.5, 0.6) is 5.75 Å². The highest BCUT2D eigenvalue weighted by Gasteiger charge is 2.41. The minimum Gasteiger partial charge on any atom is -0.508 e. The third-order valence-corrected chi connectivity index (χ3v) is 7.77. The molecule has 0 aromatic heterocycles. The van der Waals surface area contributed by atoms with Crippen molar-refractivity contribution >= 4 is 21.9 Å². The van der Waals surface area contributed by atoms with E-state index in [1.165, 1.54) is 18.2 Å². The van der Waals surface area contributed by atoms with Gasteiger partial charge in [-0.15, -0.1) is 0 Å². The van der Waals surface area contributed by atoms with Gasteiger partial charge in [0.25, 0.3) is 0 Å². The van der Waals surface area contributed by atoms with Crippen LogP contribution in [0.3, 0.4) is 0 Å². The summed E-state index contributed by atoms with van der Waals surface area (Å²) in [6.07, 6.45) is 1.42. The van der Waals surface area contributed by atoms with Gasteiger partial charge in [-0.25, -0.2) is 8.42 Å². The van der Waals surface area contributed by atoms with E-state index in [2.05, 4.69) is 5.32 Å². The fraction of sp³-hybridized carbons (Fsp3) is 0.417. The summed E-state index contributed by atoms with van der Waals surface area (Å²) in [5.74, 6) is -0.959. The number of carbonyl (C=O) groups excluding carboxylic acids is 1. The molecule has 0 spiro atoms. The highest BCUT2D eigenvalue weighted by molar-refractivity contribution is 7.89. The molecule has 3 rings (SSSR count). The Morgan fingerprint density at radius 1 is 1.12 bits per heavy atom. The van der Waals surface area contributed by atoms with Crippen LogP contribution in [0.25, 0.3) is 11.1 Å². The van der Waals surface area contributed by atoms with Crippen molar-refractivity contribution in [2.75, 3.05) is 6.54 Å². The average Bonchev–Trinajstić information content (AvgIpc) is 2.78. The van der Waals surface area contributed by atoms with Crippen molar-refractivity contribution in [3.8, 4) is 16.9 Å². The SMILES string of the molecule is CC(C)CCC(=O)N[C@@H]1CCN(S(=O)(=O)c2ccccc2-c2ccc(O)cc2)[C@@H](C(=O)O)C1. The Morgan fingerprint density at radius 3 is 2.42 bits per heavy atom. The normalized spacial score (nSPS) is 19.4. The topological polar surface area (TPSA) is 124 Å². The Kier molecular flexibility index (Phi) is 7.76. The Balaban J connectivity index is 1.85. The Morgan fingerprint density at radius 2 is 1.79 bits per heavy atom. The third kappa shape index (κ3) is 5.91. The lowest BCUT2D eigenvalue weighted by Crippen LogP contribution is -2.54. The van der Waals surface area contributed by atoms with Crippen molar-refractivity contribution in [3.05, 3.63) is 48.5 Å². The zero-order valence-corrected chi connectivity index (χ0v) is 19.6. The molecule has 0 saturated carbocycles. The lowest BCUT2D eigenvalue weighted by Gasteiger charge is -2.36. The van der Waals surface area contributed by atoms with Crippen molar-refractivity contribution in [2.45, 2.75) is 56.5 Å². The second-order valence-electron chi connectivity index (χ2n) is 8.73. The lowest BCUT2D eigenvalue weighted by atomic mass is 9.99. The molecule has 1 fully saturated rings. The molecule has 0 aliphatic carbocycles. The maximum atomic E-state index is 13.6. The van der Waals surface area contributed by atoms with E-state index in [0.717, 1.165) is 10.7 Å². The van der Waals surface area contributed by atoms with Gasteiger partial charge in [0.2, 0.25) is 15.9 Å². The van der Waals surface area contributed by atoms with Gasteiger partial charge in [0.05, 0.1) is 4.90 Å². The minimum atomic E-state index is -4.14. The second kappa shape index (κ2) is 10.4. The molecule has 1 saturated heterocycles. The van der Waals surface area contributed by atoms with Crippen LogP contribution in [0.15, 0.2) is 53.4 Å². The van der Waals surface area contributed by atoms with Crippen LogP contribution in [0.1, 0.15) is 39.5 Å². The molecule has 33 heavy (non-hydrogen) atoms. The van der Waals surface area contributed by atoms with Gasteiger partial charge < -0.3 is 15.5 Å². The number of carboxylic acid groups (broad SMARTS) is 1. The molecule has 2 aromatic rings. The van der Waals surface area contributed by atoms with Crippen molar-refractivity contribution in [2.24, 2.45) is 5.92 Å². The van der Waals surface area contributed by atoms with E-state index in [0.29, 0.717) is 29.9 Å². The molecule has 0 bridgehead atoms. The summed E-state index contributed by atoms with van der Waals surface area (Å²) in [7, 11) is -4.14. The first kappa shape index (κ1) is 24.7. The highest BCUT2D eigenvalue weighted by Crippen LogP contribution is 2.33. The number of phenols is 1. The van der Waals surface area contributed by atoms with E-state index in [4.69, 9.17) is 0 Å². The van der Waals surface area contributed by atoms with Gasteiger partial charge in [-0.1, -0.05) is 44.2 Å². The molecule has 2 atom stereocenters.